The number of nitrogens with zero attached hydrogens (tertiary/aromatic N) is 3. The highest BCUT2D eigenvalue weighted by Gasteiger charge is 2.49. The summed E-state index contributed by atoms with van der Waals surface area (Å²) >= 11 is 0. The Morgan fingerprint density at radius 2 is 1.31 bits per heavy atom. The molecule has 216 valence electrons. The predicted molar refractivity (Wildman–Crippen MR) is 129 cm³/mol. The van der Waals surface area contributed by atoms with Crippen LogP contribution in [0.25, 0.3) is 4.85 Å². The summed E-state index contributed by atoms with van der Waals surface area (Å²) in [5.41, 5.74) is -1.25. The van der Waals surface area contributed by atoms with Crippen molar-refractivity contribution in [1.82, 2.24) is 0 Å². The molecule has 1 fully saturated rings. The Balaban J connectivity index is 3.62. The highest BCUT2D eigenvalue weighted by atomic mass is 16.6. The maximum atomic E-state index is 12.1. The highest BCUT2D eigenvalue weighted by Crippen LogP contribution is 2.35. The predicted octanol–water partition coefficient (Wildman–Crippen LogP) is 2.49. The number of azo groups is 1. The fraction of sp³-hybridized carbons (Fsp3) is 0.708. The standard InChI is InChI=1S/C24H34N3O12/c1-7-34-23(33)26-27-24(10-8-9-11-24)25-12-19(36-15(3)29)21(38-17(5)31)22(39-18(6)32)20(37-16(4)30)13-35-14(2)28/h19-22H,7-11,13H2,1-6H3/q+1/b27-26+/t19-,20-,21+,22-/m1/s1. The van der Waals surface area contributed by atoms with Crippen LogP contribution in [0.5, 0.6) is 0 Å². The van der Waals surface area contributed by atoms with Crippen LogP contribution in [0.1, 0.15) is 67.2 Å². The van der Waals surface area contributed by atoms with E-state index in [0.717, 1.165) is 34.6 Å². The zero-order chi connectivity index (χ0) is 29.6. The maximum absolute atomic E-state index is 12.1. The molecule has 15 heteroatoms. The zero-order valence-electron chi connectivity index (χ0n) is 22.8. The number of ether oxygens (including phenoxy) is 6. The quantitative estimate of drug-likeness (QED) is 0.206. The SMILES string of the molecule is CCOC(=O)/N=N/C1([N+]#C[C@@H](OC(C)=O)[C@H](OC(C)=O)[C@H](OC(C)=O)[C@@H](COC(C)=O)OC(C)=O)CCCC1. The molecule has 0 aromatic rings. The number of rotatable bonds is 11. The molecular formula is C24H34N3O12+. The van der Waals surface area contributed by atoms with Gasteiger partial charge in [0.25, 0.3) is 6.10 Å². The third kappa shape index (κ3) is 12.3. The van der Waals surface area contributed by atoms with Gasteiger partial charge in [0.15, 0.2) is 18.3 Å². The van der Waals surface area contributed by atoms with Gasteiger partial charge < -0.3 is 28.4 Å². The summed E-state index contributed by atoms with van der Waals surface area (Å²) in [5, 5.41) is 7.56. The Morgan fingerprint density at radius 1 is 0.769 bits per heavy atom. The lowest BCUT2D eigenvalue weighted by molar-refractivity contribution is -0.198. The van der Waals surface area contributed by atoms with Crippen molar-refractivity contribution in [3.05, 3.63) is 4.85 Å². The normalized spacial score (nSPS) is 16.9. The molecule has 1 amide bonds. The number of carbonyl (C=O) groups is 6. The first-order chi connectivity index (χ1) is 18.3. The first kappa shape index (κ1) is 32.9. The van der Waals surface area contributed by atoms with Gasteiger partial charge in [-0.15, -0.1) is 0 Å². The molecule has 4 atom stereocenters. The van der Waals surface area contributed by atoms with Crippen molar-refractivity contribution < 1.29 is 57.2 Å². The number of hydrogen-bond donors (Lipinski definition) is 0. The van der Waals surface area contributed by atoms with Crippen molar-refractivity contribution in [3.63, 3.8) is 0 Å². The summed E-state index contributed by atoms with van der Waals surface area (Å²) in [4.78, 5) is 75.3. The summed E-state index contributed by atoms with van der Waals surface area (Å²) < 4.78 is 30.9. The Kier molecular flexibility index (Phi) is 13.5. The van der Waals surface area contributed by atoms with E-state index in [0.29, 0.717) is 25.7 Å². The third-order valence-corrected chi connectivity index (χ3v) is 5.04. The van der Waals surface area contributed by atoms with E-state index in [-0.39, 0.29) is 6.61 Å². The van der Waals surface area contributed by atoms with Crippen LogP contribution in [-0.2, 0) is 52.4 Å². The molecule has 0 aliphatic heterocycles. The fourth-order valence-corrected chi connectivity index (χ4v) is 3.64. The topological polar surface area (TPSA) is 187 Å². The summed E-state index contributed by atoms with van der Waals surface area (Å²) in [6.07, 6.45) is -5.23. The van der Waals surface area contributed by atoms with E-state index in [1.165, 1.54) is 0 Å². The molecule has 0 spiro atoms. The molecule has 0 bridgehead atoms. The Hall–Kier alpha value is -4.09. The van der Waals surface area contributed by atoms with E-state index in [2.05, 4.69) is 21.1 Å². The second kappa shape index (κ2) is 16.0. The van der Waals surface area contributed by atoms with Crippen LogP contribution in [0.2, 0.25) is 0 Å². The van der Waals surface area contributed by atoms with Gasteiger partial charge in [-0.2, -0.15) is 0 Å². The van der Waals surface area contributed by atoms with Gasteiger partial charge in [0.1, 0.15) is 6.61 Å². The van der Waals surface area contributed by atoms with E-state index in [1.807, 2.05) is 0 Å². The first-order valence-electron chi connectivity index (χ1n) is 12.2. The molecule has 1 aliphatic rings. The van der Waals surface area contributed by atoms with Gasteiger partial charge in [0.2, 0.25) is 0 Å². The van der Waals surface area contributed by atoms with Gasteiger partial charge in [0, 0.05) is 34.6 Å². The third-order valence-electron chi connectivity index (χ3n) is 5.04. The van der Waals surface area contributed by atoms with Gasteiger partial charge in [-0.05, 0) is 24.6 Å². The minimum Gasteiger partial charge on any atom is -0.462 e. The Bertz CT molecular complexity index is 1010. The van der Waals surface area contributed by atoms with Crippen LogP contribution in [0.3, 0.4) is 0 Å². The summed E-state index contributed by atoms with van der Waals surface area (Å²) in [5.74, 6) is -4.19. The number of carbonyl (C=O) groups excluding carboxylic acids is 6. The molecule has 0 heterocycles. The van der Waals surface area contributed by atoms with Crippen LogP contribution in [0, 0.1) is 6.07 Å². The summed E-state index contributed by atoms with van der Waals surface area (Å²) in [7, 11) is 0. The number of esters is 5. The van der Waals surface area contributed by atoms with E-state index in [4.69, 9.17) is 28.4 Å². The minimum absolute atomic E-state index is 0.0905. The van der Waals surface area contributed by atoms with Crippen LogP contribution in [-0.4, -0.2) is 79.2 Å². The van der Waals surface area contributed by atoms with E-state index in [1.54, 1.807) is 6.92 Å². The molecule has 0 aromatic carbocycles. The van der Waals surface area contributed by atoms with Crippen molar-refractivity contribution >= 4 is 35.9 Å². The molecular weight excluding hydrogens is 522 g/mol. The smallest absolute Gasteiger partial charge is 0.452 e. The van der Waals surface area contributed by atoms with Gasteiger partial charge in [0.05, 0.1) is 19.4 Å². The molecule has 0 saturated heterocycles. The van der Waals surface area contributed by atoms with Crippen molar-refractivity contribution in [2.24, 2.45) is 10.2 Å². The molecule has 0 unspecified atom stereocenters. The lowest BCUT2D eigenvalue weighted by Gasteiger charge is -2.32. The maximum Gasteiger partial charge on any atom is 0.452 e. The van der Waals surface area contributed by atoms with Crippen molar-refractivity contribution in [2.45, 2.75) is 97.3 Å². The van der Waals surface area contributed by atoms with E-state index >= 15 is 0 Å². The van der Waals surface area contributed by atoms with Crippen LogP contribution >= 0.6 is 0 Å². The lowest BCUT2D eigenvalue weighted by Crippen LogP contribution is -2.52. The van der Waals surface area contributed by atoms with E-state index < -0.39 is 72.6 Å². The van der Waals surface area contributed by atoms with E-state index in [9.17, 15) is 28.8 Å². The molecule has 0 N–H and O–H groups in total. The van der Waals surface area contributed by atoms with Crippen molar-refractivity contribution in [1.29, 1.82) is 0 Å². The largest absolute Gasteiger partial charge is 0.462 e. The fourth-order valence-electron chi connectivity index (χ4n) is 3.64. The average molecular weight is 557 g/mol. The second-order valence-electron chi connectivity index (χ2n) is 8.46. The molecule has 0 radical (unpaired) electrons. The zero-order valence-corrected chi connectivity index (χ0v) is 22.8. The molecule has 39 heavy (non-hydrogen) atoms. The van der Waals surface area contributed by atoms with Crippen molar-refractivity contribution in [2.75, 3.05) is 13.2 Å². The molecule has 0 aromatic heterocycles. The second-order valence-corrected chi connectivity index (χ2v) is 8.46. The average Bonchev–Trinajstić information content (AvgIpc) is 3.29. The summed E-state index contributed by atoms with van der Waals surface area (Å²) in [6, 6.07) is 2.58. The monoisotopic (exact) mass is 556 g/mol. The number of amides is 1. The van der Waals surface area contributed by atoms with Crippen LogP contribution in [0.15, 0.2) is 10.2 Å². The van der Waals surface area contributed by atoms with Gasteiger partial charge in [-0.1, -0.05) is 10.2 Å². The van der Waals surface area contributed by atoms with Gasteiger partial charge in [-0.3, -0.25) is 24.0 Å². The van der Waals surface area contributed by atoms with Crippen molar-refractivity contribution in [3.8, 4) is 6.07 Å². The molecule has 1 rings (SSSR count). The van der Waals surface area contributed by atoms with Crippen LogP contribution < -0.4 is 0 Å². The highest BCUT2D eigenvalue weighted by molar-refractivity contribution is 5.70. The molecule has 1 saturated carbocycles. The molecule has 15 nitrogen and oxygen atoms in total. The van der Waals surface area contributed by atoms with Crippen LogP contribution in [0.4, 0.5) is 4.79 Å². The van der Waals surface area contributed by atoms with Gasteiger partial charge >= 0.3 is 47.7 Å². The lowest BCUT2D eigenvalue weighted by atomic mass is 10.0. The Labute approximate surface area is 225 Å². The molecule has 1 aliphatic carbocycles. The summed E-state index contributed by atoms with van der Waals surface area (Å²) in [6.45, 7) is 6.40. The first-order valence-corrected chi connectivity index (χ1v) is 12.2. The minimum atomic E-state index is -1.67. The van der Waals surface area contributed by atoms with Gasteiger partial charge in [-0.25, -0.2) is 4.79 Å². The number of hydrogen-bond acceptors (Lipinski definition) is 13. The Morgan fingerprint density at radius 3 is 1.79 bits per heavy atom.